The minimum absolute atomic E-state index is 0.271. The van der Waals surface area contributed by atoms with Crippen LogP contribution in [0.2, 0.25) is 0 Å². The van der Waals surface area contributed by atoms with Gasteiger partial charge >= 0.3 is 0 Å². The molecule has 1 fully saturated rings. The van der Waals surface area contributed by atoms with E-state index in [4.69, 9.17) is 4.74 Å². The summed E-state index contributed by atoms with van der Waals surface area (Å²) in [7, 11) is 0. The third-order valence-corrected chi connectivity index (χ3v) is 3.69. The molecule has 3 heteroatoms. The van der Waals surface area contributed by atoms with E-state index in [-0.39, 0.29) is 6.10 Å². The Balaban J connectivity index is 2.04. The van der Waals surface area contributed by atoms with Crippen LogP contribution in [0.1, 0.15) is 29.2 Å². The molecule has 78 valence electrons. The van der Waals surface area contributed by atoms with Gasteiger partial charge in [-0.3, -0.25) is 0 Å². The van der Waals surface area contributed by atoms with Crippen LogP contribution in [0.3, 0.4) is 0 Å². The molecular formula is C11H17NOS. The van der Waals surface area contributed by atoms with Crippen LogP contribution in [-0.2, 0) is 4.74 Å². The summed E-state index contributed by atoms with van der Waals surface area (Å²) in [4.78, 5) is 2.72. The second-order valence-corrected chi connectivity index (χ2v) is 5.08. The Hall–Kier alpha value is -0.380. The quantitative estimate of drug-likeness (QED) is 0.811. The Bertz CT molecular complexity index is 297. The van der Waals surface area contributed by atoms with Crippen LogP contribution in [0.25, 0.3) is 0 Å². The summed E-state index contributed by atoms with van der Waals surface area (Å²) < 4.78 is 5.98. The van der Waals surface area contributed by atoms with E-state index in [1.54, 1.807) is 0 Å². The second-order valence-electron chi connectivity index (χ2n) is 3.76. The van der Waals surface area contributed by atoms with Gasteiger partial charge in [0.2, 0.25) is 0 Å². The van der Waals surface area contributed by atoms with Gasteiger partial charge in [-0.1, -0.05) is 6.92 Å². The first-order valence-electron chi connectivity index (χ1n) is 5.22. The zero-order valence-electron chi connectivity index (χ0n) is 8.75. The highest BCUT2D eigenvalue weighted by Gasteiger charge is 2.22. The molecule has 1 aromatic rings. The van der Waals surface area contributed by atoms with Crippen molar-refractivity contribution in [2.45, 2.75) is 32.5 Å². The summed E-state index contributed by atoms with van der Waals surface area (Å²) in [5.41, 5.74) is 0. The molecule has 1 aromatic heterocycles. The summed E-state index contributed by atoms with van der Waals surface area (Å²) >= 11 is 1.84. The van der Waals surface area contributed by atoms with Gasteiger partial charge in [-0.2, -0.15) is 0 Å². The van der Waals surface area contributed by atoms with Gasteiger partial charge < -0.3 is 10.1 Å². The molecule has 1 saturated heterocycles. The van der Waals surface area contributed by atoms with Gasteiger partial charge in [0.15, 0.2) is 0 Å². The van der Waals surface area contributed by atoms with Gasteiger partial charge in [-0.25, -0.2) is 0 Å². The Morgan fingerprint density at radius 1 is 1.50 bits per heavy atom. The summed E-state index contributed by atoms with van der Waals surface area (Å²) in [6.07, 6.45) is 1.75. The number of thiophene rings is 1. The van der Waals surface area contributed by atoms with Crippen molar-refractivity contribution in [1.29, 1.82) is 0 Å². The molecule has 0 radical (unpaired) electrons. The van der Waals surface area contributed by atoms with Crippen molar-refractivity contribution in [2.24, 2.45) is 0 Å². The SMILES string of the molecule is CCC1CNCC(c2ccc(C)s2)O1. The van der Waals surface area contributed by atoms with Crippen LogP contribution >= 0.6 is 11.3 Å². The molecule has 2 atom stereocenters. The number of hydrogen-bond acceptors (Lipinski definition) is 3. The van der Waals surface area contributed by atoms with Crippen molar-refractivity contribution in [1.82, 2.24) is 5.32 Å². The number of aryl methyl sites for hydroxylation is 1. The topological polar surface area (TPSA) is 21.3 Å². The van der Waals surface area contributed by atoms with E-state index in [9.17, 15) is 0 Å². The molecule has 2 nitrogen and oxygen atoms in total. The molecule has 2 heterocycles. The van der Waals surface area contributed by atoms with Crippen molar-refractivity contribution in [3.63, 3.8) is 0 Å². The Kier molecular flexibility index (Phi) is 3.21. The highest BCUT2D eigenvalue weighted by molar-refractivity contribution is 7.12. The molecular weight excluding hydrogens is 194 g/mol. The molecule has 1 aliphatic rings. The van der Waals surface area contributed by atoms with Crippen LogP contribution in [0, 0.1) is 6.92 Å². The average molecular weight is 211 g/mol. The second kappa shape index (κ2) is 4.43. The summed E-state index contributed by atoms with van der Waals surface area (Å²) in [5.74, 6) is 0. The maximum absolute atomic E-state index is 5.98. The smallest absolute Gasteiger partial charge is 0.104 e. The van der Waals surface area contributed by atoms with Crippen molar-refractivity contribution in [3.05, 3.63) is 21.9 Å². The van der Waals surface area contributed by atoms with Crippen molar-refractivity contribution < 1.29 is 4.74 Å². The van der Waals surface area contributed by atoms with Crippen molar-refractivity contribution in [3.8, 4) is 0 Å². The third-order valence-electron chi connectivity index (χ3n) is 2.59. The first-order valence-corrected chi connectivity index (χ1v) is 6.03. The van der Waals surface area contributed by atoms with Crippen LogP contribution < -0.4 is 5.32 Å². The lowest BCUT2D eigenvalue weighted by atomic mass is 10.2. The minimum Gasteiger partial charge on any atom is -0.367 e. The van der Waals surface area contributed by atoms with Gasteiger partial charge in [0, 0.05) is 22.8 Å². The molecule has 0 spiro atoms. The summed E-state index contributed by atoms with van der Waals surface area (Å²) in [5, 5.41) is 3.43. The Labute approximate surface area is 89.3 Å². The maximum Gasteiger partial charge on any atom is 0.104 e. The number of rotatable bonds is 2. The fraction of sp³-hybridized carbons (Fsp3) is 0.636. The Morgan fingerprint density at radius 3 is 3.00 bits per heavy atom. The fourth-order valence-corrected chi connectivity index (χ4v) is 2.65. The number of hydrogen-bond donors (Lipinski definition) is 1. The van der Waals surface area contributed by atoms with Crippen molar-refractivity contribution in [2.75, 3.05) is 13.1 Å². The normalized spacial score (nSPS) is 27.9. The Morgan fingerprint density at radius 2 is 2.36 bits per heavy atom. The van der Waals surface area contributed by atoms with E-state index in [0.717, 1.165) is 19.5 Å². The molecule has 0 saturated carbocycles. The van der Waals surface area contributed by atoms with Crippen LogP contribution in [-0.4, -0.2) is 19.2 Å². The minimum atomic E-state index is 0.271. The summed E-state index contributed by atoms with van der Waals surface area (Å²) in [6.45, 7) is 6.27. The average Bonchev–Trinajstić information content (AvgIpc) is 2.65. The molecule has 0 bridgehead atoms. The number of morpholine rings is 1. The van der Waals surface area contributed by atoms with Gasteiger partial charge in [0.05, 0.1) is 6.10 Å². The lowest BCUT2D eigenvalue weighted by Gasteiger charge is -2.29. The molecule has 0 aliphatic carbocycles. The highest BCUT2D eigenvalue weighted by Crippen LogP contribution is 2.28. The van der Waals surface area contributed by atoms with Gasteiger partial charge in [0.1, 0.15) is 6.10 Å². The predicted molar refractivity (Wildman–Crippen MR) is 59.8 cm³/mol. The number of nitrogens with one attached hydrogen (secondary N) is 1. The monoisotopic (exact) mass is 211 g/mol. The predicted octanol–water partition coefficient (Wildman–Crippen LogP) is 2.50. The highest BCUT2D eigenvalue weighted by atomic mass is 32.1. The van der Waals surface area contributed by atoms with Crippen LogP contribution in [0.4, 0.5) is 0 Å². The van der Waals surface area contributed by atoms with Crippen LogP contribution in [0.15, 0.2) is 12.1 Å². The van der Waals surface area contributed by atoms with Crippen molar-refractivity contribution >= 4 is 11.3 Å². The molecule has 0 aromatic carbocycles. The third kappa shape index (κ3) is 2.16. The fourth-order valence-electron chi connectivity index (χ4n) is 1.74. The number of ether oxygens (including phenoxy) is 1. The molecule has 1 aliphatic heterocycles. The van der Waals surface area contributed by atoms with Gasteiger partial charge in [-0.05, 0) is 25.5 Å². The molecule has 2 rings (SSSR count). The zero-order chi connectivity index (χ0) is 9.97. The lowest BCUT2D eigenvalue weighted by Crippen LogP contribution is -2.39. The molecule has 2 unspecified atom stereocenters. The standard InChI is InChI=1S/C11H17NOS/c1-3-9-6-12-7-10(13-9)11-5-4-8(2)14-11/h4-5,9-10,12H,3,6-7H2,1-2H3. The lowest BCUT2D eigenvalue weighted by molar-refractivity contribution is -0.0382. The zero-order valence-corrected chi connectivity index (χ0v) is 9.56. The van der Waals surface area contributed by atoms with Crippen LogP contribution in [0.5, 0.6) is 0 Å². The van der Waals surface area contributed by atoms with E-state index in [0.29, 0.717) is 6.10 Å². The molecule has 14 heavy (non-hydrogen) atoms. The van der Waals surface area contributed by atoms with E-state index in [2.05, 4.69) is 31.3 Å². The molecule has 0 amide bonds. The summed E-state index contributed by atoms with van der Waals surface area (Å²) in [6, 6.07) is 4.35. The molecule has 1 N–H and O–H groups in total. The van der Waals surface area contributed by atoms with E-state index in [1.165, 1.54) is 9.75 Å². The van der Waals surface area contributed by atoms with Gasteiger partial charge in [-0.15, -0.1) is 11.3 Å². The first kappa shape index (κ1) is 10.1. The van der Waals surface area contributed by atoms with E-state index < -0.39 is 0 Å². The van der Waals surface area contributed by atoms with E-state index >= 15 is 0 Å². The maximum atomic E-state index is 5.98. The van der Waals surface area contributed by atoms with E-state index in [1.807, 2.05) is 11.3 Å². The largest absolute Gasteiger partial charge is 0.367 e. The van der Waals surface area contributed by atoms with Gasteiger partial charge in [0.25, 0.3) is 0 Å². The first-order chi connectivity index (χ1) is 6.79.